The van der Waals surface area contributed by atoms with Crippen LogP contribution in [0.5, 0.6) is 0 Å². The van der Waals surface area contributed by atoms with E-state index in [4.69, 9.17) is 0 Å². The van der Waals surface area contributed by atoms with Gasteiger partial charge in [-0.25, -0.2) is 8.42 Å². The smallest absolute Gasteiger partial charge is 0.243 e. The molecule has 0 heterocycles. The van der Waals surface area contributed by atoms with Gasteiger partial charge in [0.05, 0.1) is 11.4 Å². The standard InChI is InChI=1S/C36H41N3O4S/c1-27-12-11-15-29(22-27)25-39(34(23-28-13-5-3-6-14-28)36(41)37-32-18-7-4-8-19-32)35(40)26-38(2)44(42,43)33-21-20-30-16-9-10-17-31(30)24-33/h3,5-6,9-17,20-22,24,32,34H,4,7-8,18-19,23,25-26H2,1-2H3,(H,37,41). The molecule has 0 radical (unpaired) electrons. The predicted molar refractivity (Wildman–Crippen MR) is 174 cm³/mol. The Morgan fingerprint density at radius 1 is 0.818 bits per heavy atom. The van der Waals surface area contributed by atoms with Crippen molar-refractivity contribution < 1.29 is 18.0 Å². The van der Waals surface area contributed by atoms with Crippen molar-refractivity contribution in [3.05, 3.63) is 114 Å². The molecule has 1 aliphatic carbocycles. The van der Waals surface area contributed by atoms with Crippen LogP contribution in [0.25, 0.3) is 10.8 Å². The molecule has 1 fully saturated rings. The summed E-state index contributed by atoms with van der Waals surface area (Å²) in [5, 5.41) is 4.97. The second kappa shape index (κ2) is 14.2. The summed E-state index contributed by atoms with van der Waals surface area (Å²) in [4.78, 5) is 29.9. The summed E-state index contributed by atoms with van der Waals surface area (Å²) >= 11 is 0. The monoisotopic (exact) mass is 611 g/mol. The first-order valence-corrected chi connectivity index (χ1v) is 16.8. The minimum atomic E-state index is -3.98. The van der Waals surface area contributed by atoms with Gasteiger partial charge in [0.25, 0.3) is 0 Å². The van der Waals surface area contributed by atoms with E-state index < -0.39 is 28.5 Å². The number of nitrogens with zero attached hydrogens (tertiary/aromatic N) is 2. The third kappa shape index (κ3) is 7.73. The van der Waals surface area contributed by atoms with Crippen molar-refractivity contribution in [1.82, 2.24) is 14.5 Å². The second-order valence-corrected chi connectivity index (χ2v) is 13.9. The van der Waals surface area contributed by atoms with Crippen molar-refractivity contribution in [3.63, 3.8) is 0 Å². The average Bonchev–Trinajstić information content (AvgIpc) is 3.03. The Morgan fingerprint density at radius 3 is 2.23 bits per heavy atom. The quantitative estimate of drug-likeness (QED) is 0.230. The van der Waals surface area contributed by atoms with Crippen LogP contribution in [0.4, 0.5) is 0 Å². The maximum atomic E-state index is 14.2. The van der Waals surface area contributed by atoms with Crippen LogP contribution in [0, 0.1) is 6.92 Å². The summed E-state index contributed by atoms with van der Waals surface area (Å²) in [6, 6.07) is 29.3. The van der Waals surface area contributed by atoms with Crippen LogP contribution in [-0.4, -0.2) is 55.1 Å². The lowest BCUT2D eigenvalue weighted by molar-refractivity contribution is -0.141. The SMILES string of the molecule is Cc1cccc(CN(C(=O)CN(C)S(=O)(=O)c2ccc3ccccc3c2)C(Cc2ccccc2)C(=O)NC2CCCCC2)c1. The minimum Gasteiger partial charge on any atom is -0.352 e. The van der Waals surface area contributed by atoms with E-state index in [1.807, 2.05) is 85.8 Å². The molecule has 1 N–H and O–H groups in total. The van der Waals surface area contributed by atoms with E-state index in [1.54, 1.807) is 23.1 Å². The van der Waals surface area contributed by atoms with Gasteiger partial charge in [0, 0.05) is 26.1 Å². The number of carbonyl (C=O) groups excluding carboxylic acids is 2. The van der Waals surface area contributed by atoms with Gasteiger partial charge in [0.15, 0.2) is 0 Å². The summed E-state index contributed by atoms with van der Waals surface area (Å²) in [5.74, 6) is -0.639. The molecule has 2 amide bonds. The maximum Gasteiger partial charge on any atom is 0.243 e. The molecule has 7 nitrogen and oxygen atoms in total. The molecular weight excluding hydrogens is 570 g/mol. The number of benzene rings is 4. The number of rotatable bonds is 11. The zero-order chi connectivity index (χ0) is 31.1. The van der Waals surface area contributed by atoms with Crippen LogP contribution in [-0.2, 0) is 32.6 Å². The number of aryl methyl sites for hydroxylation is 1. The molecular formula is C36H41N3O4S. The van der Waals surface area contributed by atoms with Gasteiger partial charge in [-0.05, 0) is 53.8 Å². The zero-order valence-electron chi connectivity index (χ0n) is 25.5. The number of carbonyl (C=O) groups is 2. The lowest BCUT2D eigenvalue weighted by Crippen LogP contribution is -2.54. The number of amides is 2. The normalized spacial score (nSPS) is 14.8. The maximum absolute atomic E-state index is 14.2. The van der Waals surface area contributed by atoms with Gasteiger partial charge >= 0.3 is 0 Å². The first-order chi connectivity index (χ1) is 21.2. The molecule has 0 saturated heterocycles. The largest absolute Gasteiger partial charge is 0.352 e. The minimum absolute atomic E-state index is 0.0707. The fourth-order valence-corrected chi connectivity index (χ4v) is 7.14. The highest BCUT2D eigenvalue weighted by Gasteiger charge is 2.34. The van der Waals surface area contributed by atoms with Crippen LogP contribution >= 0.6 is 0 Å². The molecule has 230 valence electrons. The van der Waals surface area contributed by atoms with Crippen molar-refractivity contribution in [2.24, 2.45) is 0 Å². The Kier molecular flexibility index (Phi) is 10.1. The molecule has 1 aliphatic rings. The molecule has 1 unspecified atom stereocenters. The summed E-state index contributed by atoms with van der Waals surface area (Å²) in [5.41, 5.74) is 2.84. The molecule has 1 saturated carbocycles. The zero-order valence-corrected chi connectivity index (χ0v) is 26.3. The van der Waals surface area contributed by atoms with E-state index in [2.05, 4.69) is 5.32 Å². The van der Waals surface area contributed by atoms with Crippen molar-refractivity contribution in [3.8, 4) is 0 Å². The highest BCUT2D eigenvalue weighted by Crippen LogP contribution is 2.23. The summed E-state index contributed by atoms with van der Waals surface area (Å²) < 4.78 is 28.4. The number of hydrogen-bond donors (Lipinski definition) is 1. The summed E-state index contributed by atoms with van der Waals surface area (Å²) in [6.45, 7) is 1.76. The lowest BCUT2D eigenvalue weighted by atomic mass is 9.94. The van der Waals surface area contributed by atoms with Gasteiger partial charge in [-0.15, -0.1) is 0 Å². The molecule has 1 atom stereocenters. The third-order valence-electron chi connectivity index (χ3n) is 8.45. The first kappa shape index (κ1) is 31.4. The molecule has 44 heavy (non-hydrogen) atoms. The van der Waals surface area contributed by atoms with E-state index in [0.717, 1.165) is 63.9 Å². The third-order valence-corrected chi connectivity index (χ3v) is 10.2. The second-order valence-electron chi connectivity index (χ2n) is 11.8. The van der Waals surface area contributed by atoms with Crippen molar-refractivity contribution in [2.75, 3.05) is 13.6 Å². The van der Waals surface area contributed by atoms with Gasteiger partial charge in [-0.1, -0.05) is 110 Å². The molecule has 5 rings (SSSR count). The highest BCUT2D eigenvalue weighted by molar-refractivity contribution is 7.89. The predicted octanol–water partition coefficient (Wildman–Crippen LogP) is 5.86. The average molecular weight is 612 g/mol. The fourth-order valence-electron chi connectivity index (χ4n) is 5.98. The van der Waals surface area contributed by atoms with Crippen LogP contribution in [0.15, 0.2) is 102 Å². The van der Waals surface area contributed by atoms with E-state index >= 15 is 0 Å². The van der Waals surface area contributed by atoms with E-state index in [-0.39, 0.29) is 23.4 Å². The van der Waals surface area contributed by atoms with Crippen molar-refractivity contribution >= 4 is 32.6 Å². The fraction of sp³-hybridized carbons (Fsp3) is 0.333. The van der Waals surface area contributed by atoms with Crippen LogP contribution in [0.1, 0.15) is 48.8 Å². The number of sulfonamides is 1. The number of nitrogens with one attached hydrogen (secondary N) is 1. The van der Waals surface area contributed by atoms with Crippen LogP contribution < -0.4 is 5.32 Å². The van der Waals surface area contributed by atoms with E-state index in [9.17, 15) is 18.0 Å². The van der Waals surface area contributed by atoms with Crippen LogP contribution in [0.3, 0.4) is 0 Å². The van der Waals surface area contributed by atoms with Gasteiger partial charge < -0.3 is 10.2 Å². The first-order valence-electron chi connectivity index (χ1n) is 15.3. The van der Waals surface area contributed by atoms with E-state index in [1.165, 1.54) is 7.05 Å². The van der Waals surface area contributed by atoms with Gasteiger partial charge in [-0.2, -0.15) is 4.31 Å². The van der Waals surface area contributed by atoms with Crippen molar-refractivity contribution in [2.45, 2.75) is 69.0 Å². The lowest BCUT2D eigenvalue weighted by Gasteiger charge is -2.34. The molecule has 0 spiro atoms. The molecule has 0 aromatic heterocycles. The molecule has 0 bridgehead atoms. The van der Waals surface area contributed by atoms with Gasteiger partial charge in [0.1, 0.15) is 6.04 Å². The van der Waals surface area contributed by atoms with Gasteiger partial charge in [-0.3, -0.25) is 9.59 Å². The van der Waals surface area contributed by atoms with Crippen LogP contribution in [0.2, 0.25) is 0 Å². The summed E-state index contributed by atoms with van der Waals surface area (Å²) in [7, 11) is -2.56. The van der Waals surface area contributed by atoms with Crippen molar-refractivity contribution in [1.29, 1.82) is 0 Å². The van der Waals surface area contributed by atoms with Gasteiger partial charge in [0.2, 0.25) is 21.8 Å². The Balaban J connectivity index is 1.45. The number of fused-ring (bicyclic) bond motifs is 1. The summed E-state index contributed by atoms with van der Waals surface area (Å²) in [6.07, 6.45) is 5.45. The Hall–Kier alpha value is -4.01. The topological polar surface area (TPSA) is 86.8 Å². The highest BCUT2D eigenvalue weighted by atomic mass is 32.2. The molecule has 4 aromatic carbocycles. The molecule has 0 aliphatic heterocycles. The number of likely N-dealkylation sites (N-methyl/N-ethyl adjacent to an activating group) is 1. The molecule has 4 aromatic rings. The molecule has 8 heteroatoms. The Bertz CT molecular complexity index is 1700. The number of hydrogen-bond acceptors (Lipinski definition) is 4. The Labute approximate surface area is 260 Å². The van der Waals surface area contributed by atoms with E-state index in [0.29, 0.717) is 6.42 Å². The Morgan fingerprint density at radius 2 is 1.50 bits per heavy atom.